The first-order chi connectivity index (χ1) is 12.6. The fraction of sp³-hybridized carbons (Fsp3) is 0.0526. The molecule has 26 heavy (non-hydrogen) atoms. The lowest BCUT2D eigenvalue weighted by atomic mass is 10.1. The minimum absolute atomic E-state index is 0.400. The van der Waals surface area contributed by atoms with Gasteiger partial charge in [-0.25, -0.2) is 4.79 Å². The second kappa shape index (κ2) is 8.61. The van der Waals surface area contributed by atoms with E-state index in [0.29, 0.717) is 15.7 Å². The fourth-order valence-corrected chi connectivity index (χ4v) is 4.16. The average Bonchev–Trinajstić information content (AvgIpc) is 3.07. The van der Waals surface area contributed by atoms with Crippen molar-refractivity contribution in [2.24, 2.45) is 0 Å². The third-order valence-corrected chi connectivity index (χ3v) is 5.79. The Kier molecular flexibility index (Phi) is 6.23. The molecule has 0 aliphatic carbocycles. The second-order valence-electron chi connectivity index (χ2n) is 5.27. The molecule has 1 heterocycles. The summed E-state index contributed by atoms with van der Waals surface area (Å²) >= 11 is 9.11. The summed E-state index contributed by atoms with van der Waals surface area (Å²) in [5.74, 6) is -0.400. The van der Waals surface area contributed by atoms with E-state index in [0.717, 1.165) is 19.7 Å². The SMILES string of the molecule is COC(=O)c1cc(-c2ccccc2)sc1NC(=S)Nc1ccccc1I. The van der Waals surface area contributed by atoms with Crippen molar-refractivity contribution >= 4 is 67.9 Å². The summed E-state index contributed by atoms with van der Waals surface area (Å²) < 4.78 is 5.96. The van der Waals surface area contributed by atoms with Gasteiger partial charge in [0.05, 0.1) is 18.4 Å². The van der Waals surface area contributed by atoms with Gasteiger partial charge in [-0.15, -0.1) is 11.3 Å². The van der Waals surface area contributed by atoms with Crippen molar-refractivity contribution in [2.45, 2.75) is 0 Å². The monoisotopic (exact) mass is 494 g/mol. The quantitative estimate of drug-likeness (QED) is 0.280. The smallest absolute Gasteiger partial charge is 0.340 e. The van der Waals surface area contributed by atoms with Crippen LogP contribution < -0.4 is 10.6 Å². The lowest BCUT2D eigenvalue weighted by Gasteiger charge is -2.11. The molecule has 0 aliphatic rings. The van der Waals surface area contributed by atoms with Crippen LogP contribution in [0.2, 0.25) is 0 Å². The molecule has 1 aromatic heterocycles. The number of esters is 1. The van der Waals surface area contributed by atoms with Crippen molar-refractivity contribution in [1.82, 2.24) is 0 Å². The highest BCUT2D eigenvalue weighted by Crippen LogP contribution is 2.36. The number of carbonyl (C=O) groups excluding carboxylic acids is 1. The van der Waals surface area contributed by atoms with Gasteiger partial charge in [-0.3, -0.25) is 0 Å². The zero-order chi connectivity index (χ0) is 18.5. The number of methoxy groups -OCH3 is 1. The number of halogens is 1. The highest BCUT2D eigenvalue weighted by Gasteiger charge is 2.18. The van der Waals surface area contributed by atoms with Crippen molar-refractivity contribution in [3.8, 4) is 10.4 Å². The van der Waals surface area contributed by atoms with E-state index < -0.39 is 5.97 Å². The van der Waals surface area contributed by atoms with Crippen LogP contribution in [0.4, 0.5) is 10.7 Å². The van der Waals surface area contributed by atoms with E-state index in [4.69, 9.17) is 17.0 Å². The number of rotatable bonds is 4. The van der Waals surface area contributed by atoms with Gasteiger partial charge in [-0.2, -0.15) is 0 Å². The summed E-state index contributed by atoms with van der Waals surface area (Å²) in [6.07, 6.45) is 0. The Labute approximate surface area is 174 Å². The second-order valence-corrected chi connectivity index (χ2v) is 7.89. The average molecular weight is 494 g/mol. The minimum atomic E-state index is -0.400. The third-order valence-electron chi connectivity index (χ3n) is 3.54. The molecule has 2 N–H and O–H groups in total. The highest BCUT2D eigenvalue weighted by atomic mass is 127. The van der Waals surface area contributed by atoms with Gasteiger partial charge in [0.1, 0.15) is 5.00 Å². The number of hydrogen-bond donors (Lipinski definition) is 2. The van der Waals surface area contributed by atoms with E-state index in [1.807, 2.05) is 60.7 Å². The predicted octanol–water partition coefficient (Wildman–Crippen LogP) is 5.62. The molecule has 3 aromatic rings. The number of ether oxygens (including phenoxy) is 1. The van der Waals surface area contributed by atoms with Gasteiger partial charge in [0, 0.05) is 8.45 Å². The largest absolute Gasteiger partial charge is 0.465 e. The molecule has 4 nitrogen and oxygen atoms in total. The van der Waals surface area contributed by atoms with Crippen molar-refractivity contribution in [2.75, 3.05) is 17.7 Å². The van der Waals surface area contributed by atoms with Crippen LogP contribution in [0.25, 0.3) is 10.4 Å². The van der Waals surface area contributed by atoms with E-state index >= 15 is 0 Å². The fourth-order valence-electron chi connectivity index (χ4n) is 2.31. The molecule has 0 saturated heterocycles. The molecule has 132 valence electrons. The van der Waals surface area contributed by atoms with Crippen molar-refractivity contribution in [3.05, 3.63) is 69.8 Å². The van der Waals surface area contributed by atoms with Gasteiger partial charge < -0.3 is 15.4 Å². The number of nitrogens with one attached hydrogen (secondary N) is 2. The maximum Gasteiger partial charge on any atom is 0.340 e. The zero-order valence-electron chi connectivity index (χ0n) is 13.8. The molecular formula is C19H15IN2O2S2. The summed E-state index contributed by atoms with van der Waals surface area (Å²) in [4.78, 5) is 13.1. The van der Waals surface area contributed by atoms with E-state index in [-0.39, 0.29) is 0 Å². The maximum absolute atomic E-state index is 12.2. The summed E-state index contributed by atoms with van der Waals surface area (Å²) in [5.41, 5.74) is 2.40. The first-order valence-corrected chi connectivity index (χ1v) is 9.99. The van der Waals surface area contributed by atoms with Crippen LogP contribution in [-0.4, -0.2) is 18.2 Å². The van der Waals surface area contributed by atoms with E-state index in [2.05, 4.69) is 33.2 Å². The van der Waals surface area contributed by atoms with Crippen molar-refractivity contribution in [3.63, 3.8) is 0 Å². The molecule has 0 atom stereocenters. The Morgan fingerprint density at radius 3 is 2.46 bits per heavy atom. The number of anilines is 2. The summed E-state index contributed by atoms with van der Waals surface area (Å²) in [6.45, 7) is 0. The van der Waals surface area contributed by atoms with Crippen LogP contribution in [-0.2, 0) is 4.74 Å². The Morgan fingerprint density at radius 2 is 1.77 bits per heavy atom. The number of para-hydroxylation sites is 1. The zero-order valence-corrected chi connectivity index (χ0v) is 17.6. The molecule has 0 amide bonds. The number of benzene rings is 2. The maximum atomic E-state index is 12.2. The number of carbonyl (C=O) groups is 1. The van der Waals surface area contributed by atoms with Crippen molar-refractivity contribution in [1.29, 1.82) is 0 Å². The van der Waals surface area contributed by atoms with Crippen LogP contribution in [0.1, 0.15) is 10.4 Å². The van der Waals surface area contributed by atoms with Gasteiger partial charge in [-0.05, 0) is 58.6 Å². The molecule has 3 rings (SSSR count). The van der Waals surface area contributed by atoms with Gasteiger partial charge in [0.25, 0.3) is 0 Å². The molecule has 0 saturated carbocycles. The first kappa shape index (κ1) is 18.8. The van der Waals surface area contributed by atoms with Gasteiger partial charge in [0.15, 0.2) is 5.11 Å². The van der Waals surface area contributed by atoms with Gasteiger partial charge >= 0.3 is 5.97 Å². The normalized spacial score (nSPS) is 10.2. The third kappa shape index (κ3) is 4.40. The summed E-state index contributed by atoms with van der Waals surface area (Å²) in [5, 5.41) is 7.35. The van der Waals surface area contributed by atoms with Crippen molar-refractivity contribution < 1.29 is 9.53 Å². The molecule has 0 aliphatic heterocycles. The molecule has 7 heteroatoms. The van der Waals surface area contributed by atoms with Gasteiger partial charge in [0.2, 0.25) is 0 Å². The Hall–Kier alpha value is -1.97. The van der Waals surface area contributed by atoms with Crippen LogP contribution in [0.3, 0.4) is 0 Å². The number of thiophene rings is 1. The molecular weight excluding hydrogens is 479 g/mol. The molecule has 0 unspecified atom stereocenters. The van der Waals surface area contributed by atoms with Crippen LogP contribution in [0, 0.1) is 3.57 Å². The highest BCUT2D eigenvalue weighted by molar-refractivity contribution is 14.1. The number of thiocarbonyl (C=S) groups is 1. The van der Waals surface area contributed by atoms with Crippen LogP contribution >= 0.6 is 46.1 Å². The Balaban J connectivity index is 1.86. The van der Waals surface area contributed by atoms with Gasteiger partial charge in [-0.1, -0.05) is 42.5 Å². The molecule has 0 spiro atoms. The minimum Gasteiger partial charge on any atom is -0.465 e. The topological polar surface area (TPSA) is 50.4 Å². The Bertz CT molecular complexity index is 942. The Morgan fingerprint density at radius 1 is 1.08 bits per heavy atom. The predicted molar refractivity (Wildman–Crippen MR) is 120 cm³/mol. The number of hydrogen-bond acceptors (Lipinski definition) is 4. The molecule has 0 fully saturated rings. The lowest BCUT2D eigenvalue weighted by molar-refractivity contribution is 0.0602. The lowest BCUT2D eigenvalue weighted by Crippen LogP contribution is -2.20. The van der Waals surface area contributed by atoms with Crippen LogP contribution in [0.15, 0.2) is 60.7 Å². The summed E-state index contributed by atoms with van der Waals surface area (Å²) in [7, 11) is 1.37. The standard InChI is InChI=1S/C19H15IN2O2S2/c1-24-18(23)13-11-16(12-7-3-2-4-8-12)26-17(13)22-19(25)21-15-10-6-5-9-14(15)20/h2-11H,1H3,(H2,21,22,25). The van der Waals surface area contributed by atoms with E-state index in [1.54, 1.807) is 0 Å². The molecule has 0 bridgehead atoms. The van der Waals surface area contributed by atoms with Crippen LogP contribution in [0.5, 0.6) is 0 Å². The summed E-state index contributed by atoms with van der Waals surface area (Å²) in [6, 6.07) is 19.5. The van der Waals surface area contributed by atoms with E-state index in [9.17, 15) is 4.79 Å². The molecule has 0 radical (unpaired) electrons. The van der Waals surface area contributed by atoms with E-state index in [1.165, 1.54) is 18.4 Å². The first-order valence-electron chi connectivity index (χ1n) is 7.68. The molecule has 2 aromatic carbocycles.